The van der Waals surface area contributed by atoms with Gasteiger partial charge in [0.25, 0.3) is 0 Å². The smallest absolute Gasteiger partial charge is 0.411 e. The van der Waals surface area contributed by atoms with E-state index in [1.165, 1.54) is 0 Å². The van der Waals surface area contributed by atoms with Crippen molar-refractivity contribution in [2.45, 2.75) is 12.8 Å². The molecule has 1 aromatic carbocycles. The molecule has 1 aliphatic heterocycles. The highest BCUT2D eigenvalue weighted by Crippen LogP contribution is 2.22. The average Bonchev–Trinajstić information content (AvgIpc) is 2.83. The number of amides is 2. The van der Waals surface area contributed by atoms with Crippen LogP contribution in [0.5, 0.6) is 0 Å². The number of benzene rings is 1. The fraction of sp³-hybridized carbons (Fsp3) is 0.385. The minimum absolute atomic E-state index is 0.0355. The van der Waals surface area contributed by atoms with Gasteiger partial charge >= 0.3 is 6.09 Å². The van der Waals surface area contributed by atoms with E-state index in [1.807, 2.05) is 0 Å². The first kappa shape index (κ1) is 13.4. The molecule has 2 N–H and O–H groups in total. The quantitative estimate of drug-likeness (QED) is 0.860. The van der Waals surface area contributed by atoms with Gasteiger partial charge in [0.05, 0.1) is 6.61 Å². The lowest BCUT2D eigenvalue weighted by molar-refractivity contribution is -0.117. The number of nitrogens with zero attached hydrogens (tertiary/aromatic N) is 1. The van der Waals surface area contributed by atoms with Gasteiger partial charge in [-0.25, -0.2) is 4.79 Å². The standard InChI is InChI=1S/C13H16N2O4/c16-8-9-19-13(18)14-10-3-5-11(6-4-10)15-7-1-2-12(15)17/h3-6,16H,1-2,7-9H2,(H,14,18). The molecule has 1 aliphatic rings. The van der Waals surface area contributed by atoms with Crippen LogP contribution in [0.2, 0.25) is 0 Å². The molecular weight excluding hydrogens is 248 g/mol. The zero-order valence-corrected chi connectivity index (χ0v) is 10.5. The summed E-state index contributed by atoms with van der Waals surface area (Å²) >= 11 is 0. The minimum atomic E-state index is -0.612. The summed E-state index contributed by atoms with van der Waals surface area (Å²) in [6.45, 7) is 0.500. The molecule has 1 heterocycles. The van der Waals surface area contributed by atoms with Gasteiger partial charge in [-0.1, -0.05) is 0 Å². The van der Waals surface area contributed by atoms with Crippen LogP contribution in [-0.2, 0) is 9.53 Å². The van der Waals surface area contributed by atoms with E-state index in [0.717, 1.165) is 18.7 Å². The van der Waals surface area contributed by atoms with Crippen molar-refractivity contribution >= 4 is 23.4 Å². The molecule has 0 bridgehead atoms. The van der Waals surface area contributed by atoms with Crippen molar-refractivity contribution < 1.29 is 19.4 Å². The Morgan fingerprint density at radius 1 is 1.37 bits per heavy atom. The number of carbonyl (C=O) groups is 2. The number of anilines is 2. The average molecular weight is 264 g/mol. The molecule has 0 unspecified atom stereocenters. The molecule has 0 atom stereocenters. The summed E-state index contributed by atoms with van der Waals surface area (Å²) in [5.74, 6) is 0.128. The van der Waals surface area contributed by atoms with Crippen LogP contribution in [0.1, 0.15) is 12.8 Å². The fourth-order valence-corrected chi connectivity index (χ4v) is 1.94. The van der Waals surface area contributed by atoms with Crippen molar-refractivity contribution in [2.75, 3.05) is 30.0 Å². The second-order valence-corrected chi connectivity index (χ2v) is 4.18. The Balaban J connectivity index is 1.94. The van der Waals surface area contributed by atoms with Crippen molar-refractivity contribution in [1.29, 1.82) is 0 Å². The maximum Gasteiger partial charge on any atom is 0.411 e. The zero-order chi connectivity index (χ0) is 13.7. The van der Waals surface area contributed by atoms with Crippen LogP contribution in [0, 0.1) is 0 Å². The summed E-state index contributed by atoms with van der Waals surface area (Å²) in [6, 6.07) is 6.98. The third-order valence-corrected chi connectivity index (χ3v) is 2.82. The molecule has 6 nitrogen and oxygen atoms in total. The molecule has 102 valence electrons. The molecular formula is C13H16N2O4. The Bertz CT molecular complexity index is 458. The molecule has 0 radical (unpaired) electrons. The molecule has 2 amide bonds. The van der Waals surface area contributed by atoms with Gasteiger partial charge in [0.15, 0.2) is 0 Å². The predicted octanol–water partition coefficient (Wildman–Crippen LogP) is 1.35. The second kappa shape index (κ2) is 6.19. The Morgan fingerprint density at radius 2 is 2.11 bits per heavy atom. The maximum absolute atomic E-state index is 11.6. The predicted molar refractivity (Wildman–Crippen MR) is 70.1 cm³/mol. The zero-order valence-electron chi connectivity index (χ0n) is 10.5. The topological polar surface area (TPSA) is 78.9 Å². The fourth-order valence-electron chi connectivity index (χ4n) is 1.94. The summed E-state index contributed by atoms with van der Waals surface area (Å²) < 4.78 is 4.68. The SMILES string of the molecule is O=C(Nc1ccc(N2CCCC2=O)cc1)OCCO. The van der Waals surface area contributed by atoms with Crippen LogP contribution in [0.15, 0.2) is 24.3 Å². The maximum atomic E-state index is 11.6. The van der Waals surface area contributed by atoms with E-state index in [0.29, 0.717) is 12.1 Å². The van der Waals surface area contributed by atoms with Crippen LogP contribution in [0.3, 0.4) is 0 Å². The third kappa shape index (κ3) is 3.45. The van der Waals surface area contributed by atoms with Gasteiger partial charge in [0, 0.05) is 24.3 Å². The van der Waals surface area contributed by atoms with Crippen LogP contribution in [0.4, 0.5) is 16.2 Å². The monoisotopic (exact) mass is 264 g/mol. The Morgan fingerprint density at radius 3 is 2.68 bits per heavy atom. The van der Waals surface area contributed by atoms with Crippen molar-refractivity contribution in [3.05, 3.63) is 24.3 Å². The molecule has 0 aromatic heterocycles. The van der Waals surface area contributed by atoms with E-state index in [9.17, 15) is 9.59 Å². The van der Waals surface area contributed by atoms with Gasteiger partial charge in [0.2, 0.25) is 5.91 Å². The number of hydrogen-bond donors (Lipinski definition) is 2. The lowest BCUT2D eigenvalue weighted by atomic mass is 10.2. The van der Waals surface area contributed by atoms with Gasteiger partial charge in [-0.15, -0.1) is 0 Å². The highest BCUT2D eigenvalue weighted by atomic mass is 16.6. The molecule has 1 saturated heterocycles. The molecule has 0 aliphatic carbocycles. The lowest BCUT2D eigenvalue weighted by Gasteiger charge is -2.16. The number of nitrogens with one attached hydrogen (secondary N) is 1. The first-order valence-electron chi connectivity index (χ1n) is 6.16. The van der Waals surface area contributed by atoms with Crippen molar-refractivity contribution in [1.82, 2.24) is 0 Å². The van der Waals surface area contributed by atoms with Crippen LogP contribution >= 0.6 is 0 Å². The van der Waals surface area contributed by atoms with Gasteiger partial charge in [-0.05, 0) is 30.7 Å². The first-order valence-corrected chi connectivity index (χ1v) is 6.16. The Labute approximate surface area is 111 Å². The second-order valence-electron chi connectivity index (χ2n) is 4.18. The number of carbonyl (C=O) groups excluding carboxylic acids is 2. The van der Waals surface area contributed by atoms with E-state index < -0.39 is 6.09 Å². The van der Waals surface area contributed by atoms with Crippen LogP contribution < -0.4 is 10.2 Å². The summed E-state index contributed by atoms with van der Waals surface area (Å²) in [7, 11) is 0. The first-order chi connectivity index (χ1) is 9.20. The number of aliphatic hydroxyl groups excluding tert-OH is 1. The normalized spacial score (nSPS) is 14.6. The number of aliphatic hydroxyl groups is 1. The van der Waals surface area contributed by atoms with E-state index >= 15 is 0 Å². The molecule has 2 rings (SSSR count). The molecule has 1 aromatic rings. The van der Waals surface area contributed by atoms with Gasteiger partial charge in [-0.2, -0.15) is 0 Å². The van der Waals surface area contributed by atoms with Crippen molar-refractivity contribution in [3.63, 3.8) is 0 Å². The van der Waals surface area contributed by atoms with Gasteiger partial charge in [-0.3, -0.25) is 10.1 Å². The highest BCUT2D eigenvalue weighted by Gasteiger charge is 2.21. The van der Waals surface area contributed by atoms with Crippen LogP contribution in [-0.4, -0.2) is 36.9 Å². The number of hydrogen-bond acceptors (Lipinski definition) is 4. The molecule has 0 saturated carbocycles. The van der Waals surface area contributed by atoms with E-state index in [2.05, 4.69) is 10.1 Å². The summed E-state index contributed by atoms with van der Waals surface area (Å²) in [5.41, 5.74) is 1.41. The molecule has 19 heavy (non-hydrogen) atoms. The third-order valence-electron chi connectivity index (χ3n) is 2.82. The molecule has 1 fully saturated rings. The Hall–Kier alpha value is -2.08. The van der Waals surface area contributed by atoms with E-state index in [-0.39, 0.29) is 19.1 Å². The summed E-state index contributed by atoms with van der Waals surface area (Å²) in [6.07, 6.45) is 0.860. The van der Waals surface area contributed by atoms with E-state index in [1.54, 1.807) is 29.2 Å². The highest BCUT2D eigenvalue weighted by molar-refractivity contribution is 5.95. The molecule has 6 heteroatoms. The van der Waals surface area contributed by atoms with E-state index in [4.69, 9.17) is 5.11 Å². The number of ether oxygens (including phenoxy) is 1. The van der Waals surface area contributed by atoms with Crippen LogP contribution in [0.25, 0.3) is 0 Å². The summed E-state index contributed by atoms with van der Waals surface area (Å²) in [4.78, 5) is 24.6. The summed E-state index contributed by atoms with van der Waals surface area (Å²) in [5, 5.41) is 11.1. The van der Waals surface area contributed by atoms with Crippen molar-refractivity contribution in [3.8, 4) is 0 Å². The minimum Gasteiger partial charge on any atom is -0.447 e. The largest absolute Gasteiger partial charge is 0.447 e. The van der Waals surface area contributed by atoms with Gasteiger partial charge in [0.1, 0.15) is 6.61 Å². The van der Waals surface area contributed by atoms with Crippen molar-refractivity contribution in [2.24, 2.45) is 0 Å². The number of rotatable bonds is 4. The Kier molecular flexibility index (Phi) is 4.35. The molecule has 0 spiro atoms. The van der Waals surface area contributed by atoms with Gasteiger partial charge < -0.3 is 14.7 Å². The lowest BCUT2D eigenvalue weighted by Crippen LogP contribution is -2.23.